The van der Waals surface area contributed by atoms with Crippen LogP contribution >= 0.6 is 0 Å². The van der Waals surface area contributed by atoms with Gasteiger partial charge in [0.15, 0.2) is 11.6 Å². The Morgan fingerprint density at radius 1 is 1.03 bits per heavy atom. The second kappa shape index (κ2) is 10.8. The Bertz CT molecular complexity index is 1000. The monoisotopic (exact) mass is 400 g/mol. The maximum atomic E-state index is 11.3. The zero-order chi connectivity index (χ0) is 21.2. The summed E-state index contributed by atoms with van der Waals surface area (Å²) < 4.78 is 10.9. The maximum absolute atomic E-state index is 11.3. The summed E-state index contributed by atoms with van der Waals surface area (Å²) in [5.41, 5.74) is 2.88. The molecule has 0 aliphatic rings. The molecule has 1 atom stereocenters. The van der Waals surface area contributed by atoms with Gasteiger partial charge in [-0.3, -0.25) is 4.79 Å². The molecule has 0 bridgehead atoms. The van der Waals surface area contributed by atoms with Crippen molar-refractivity contribution in [3.8, 4) is 29.0 Å². The average Bonchev–Trinajstić information content (AvgIpc) is 2.79. The van der Waals surface area contributed by atoms with E-state index in [2.05, 4.69) is 21.8 Å². The zero-order valence-electron chi connectivity index (χ0n) is 17.2. The highest BCUT2D eigenvalue weighted by atomic mass is 16.5. The van der Waals surface area contributed by atoms with E-state index in [0.717, 1.165) is 16.7 Å². The van der Waals surface area contributed by atoms with Crippen molar-refractivity contribution in [1.82, 2.24) is 9.97 Å². The number of hydrogen-bond acceptors (Lipinski definition) is 5. The van der Waals surface area contributed by atoms with E-state index in [1.54, 1.807) is 19.3 Å². The fraction of sp³-hybridized carbons (Fsp3) is 0.240. The van der Waals surface area contributed by atoms with Crippen molar-refractivity contribution in [2.24, 2.45) is 0 Å². The molecule has 5 nitrogen and oxygen atoms in total. The number of carbonyl (C=O) groups is 1. The van der Waals surface area contributed by atoms with Crippen molar-refractivity contribution in [3.05, 3.63) is 78.1 Å². The van der Waals surface area contributed by atoms with Crippen LogP contribution in [0.2, 0.25) is 0 Å². The number of rotatable bonds is 7. The number of esters is 1. The lowest BCUT2D eigenvalue weighted by Gasteiger charge is -2.08. The molecule has 0 N–H and O–H groups in total. The first-order valence-electron chi connectivity index (χ1n) is 9.91. The molecular weight excluding hydrogens is 376 g/mol. The first-order valence-corrected chi connectivity index (χ1v) is 9.91. The molecule has 0 spiro atoms. The van der Waals surface area contributed by atoms with Gasteiger partial charge in [-0.1, -0.05) is 49.1 Å². The predicted molar refractivity (Wildman–Crippen MR) is 116 cm³/mol. The summed E-state index contributed by atoms with van der Waals surface area (Å²) in [6.45, 7) is 4.10. The third kappa shape index (κ3) is 6.46. The topological polar surface area (TPSA) is 61.3 Å². The highest BCUT2D eigenvalue weighted by Gasteiger charge is 2.05. The normalized spacial score (nSPS) is 11.1. The van der Waals surface area contributed by atoms with Gasteiger partial charge in [0.1, 0.15) is 12.7 Å². The van der Waals surface area contributed by atoms with Crippen molar-refractivity contribution in [1.29, 1.82) is 0 Å². The molecular formula is C25H24N2O3. The van der Waals surface area contributed by atoms with Gasteiger partial charge in [-0.2, -0.15) is 0 Å². The Morgan fingerprint density at radius 2 is 1.73 bits per heavy atom. The van der Waals surface area contributed by atoms with Crippen molar-refractivity contribution in [2.75, 3.05) is 0 Å². The van der Waals surface area contributed by atoms with Crippen LogP contribution in [0.3, 0.4) is 0 Å². The molecule has 30 heavy (non-hydrogen) atoms. The number of carbonyl (C=O) groups excluding carboxylic acids is 1. The van der Waals surface area contributed by atoms with Gasteiger partial charge in [-0.05, 0) is 36.8 Å². The lowest BCUT2D eigenvalue weighted by Crippen LogP contribution is -2.12. The number of benzene rings is 2. The Balaban J connectivity index is 1.54. The number of aromatic nitrogens is 2. The van der Waals surface area contributed by atoms with E-state index < -0.39 is 0 Å². The van der Waals surface area contributed by atoms with Crippen LogP contribution < -0.4 is 4.74 Å². The van der Waals surface area contributed by atoms with Crippen molar-refractivity contribution in [2.45, 2.75) is 39.4 Å². The average molecular weight is 400 g/mol. The molecule has 0 amide bonds. The van der Waals surface area contributed by atoms with Crippen LogP contribution in [0, 0.1) is 11.8 Å². The van der Waals surface area contributed by atoms with Crippen LogP contribution in [0.4, 0.5) is 0 Å². The lowest BCUT2D eigenvalue weighted by molar-refractivity contribution is -0.147. The van der Waals surface area contributed by atoms with Gasteiger partial charge in [0.05, 0.1) is 12.4 Å². The molecule has 0 saturated heterocycles. The number of ether oxygens (including phenoxy) is 2. The van der Waals surface area contributed by atoms with Gasteiger partial charge in [0, 0.05) is 24.0 Å². The molecule has 0 aliphatic heterocycles. The second-order valence-corrected chi connectivity index (χ2v) is 6.75. The minimum Gasteiger partial charge on any atom is -0.486 e. The molecule has 1 aromatic heterocycles. The minimum atomic E-state index is -0.208. The molecule has 152 valence electrons. The second-order valence-electron chi connectivity index (χ2n) is 6.75. The Kier molecular flexibility index (Phi) is 7.57. The number of hydrogen-bond donors (Lipinski definition) is 0. The van der Waals surface area contributed by atoms with Gasteiger partial charge in [-0.25, -0.2) is 9.97 Å². The molecule has 0 saturated carbocycles. The van der Waals surface area contributed by atoms with Crippen molar-refractivity contribution in [3.63, 3.8) is 0 Å². The Labute approximate surface area is 177 Å². The van der Waals surface area contributed by atoms with Crippen LogP contribution in [0.1, 0.15) is 37.8 Å². The van der Waals surface area contributed by atoms with E-state index in [-0.39, 0.29) is 12.1 Å². The quantitative estimate of drug-likeness (QED) is 0.421. The summed E-state index contributed by atoms with van der Waals surface area (Å²) >= 11 is 0. The molecule has 2 aromatic carbocycles. The van der Waals surface area contributed by atoms with Gasteiger partial charge >= 0.3 is 5.97 Å². The third-order valence-corrected chi connectivity index (χ3v) is 4.26. The standard InChI is InChI=1S/C25H24N2O3/c1-3-24(28)30-19(2)8-7-11-20-12-14-22(15-13-20)25-26-16-23(17-27-25)29-18-21-9-5-4-6-10-21/h4-6,9-10,12-17,19H,3,8,18H2,1-2H3. The Hall–Kier alpha value is -3.65. The fourth-order valence-corrected chi connectivity index (χ4v) is 2.63. The predicted octanol–water partition coefficient (Wildman–Crippen LogP) is 4.81. The molecule has 0 aliphatic carbocycles. The summed E-state index contributed by atoms with van der Waals surface area (Å²) in [5.74, 6) is 7.19. The molecule has 3 rings (SSSR count). The number of nitrogens with zero attached hydrogens (tertiary/aromatic N) is 2. The van der Waals surface area contributed by atoms with Crippen LogP contribution in [-0.2, 0) is 16.1 Å². The van der Waals surface area contributed by atoms with Crippen molar-refractivity contribution >= 4 is 5.97 Å². The van der Waals surface area contributed by atoms with Crippen LogP contribution in [-0.4, -0.2) is 22.0 Å². The molecule has 5 heteroatoms. The van der Waals surface area contributed by atoms with Gasteiger partial charge in [0.25, 0.3) is 0 Å². The fourth-order valence-electron chi connectivity index (χ4n) is 2.63. The molecule has 3 aromatic rings. The third-order valence-electron chi connectivity index (χ3n) is 4.26. The SMILES string of the molecule is CCC(=O)OC(C)CC#Cc1ccc(-c2ncc(OCc3ccccc3)cn2)cc1. The van der Waals surface area contributed by atoms with Gasteiger partial charge < -0.3 is 9.47 Å². The highest BCUT2D eigenvalue weighted by molar-refractivity contribution is 5.69. The summed E-state index contributed by atoms with van der Waals surface area (Å²) in [6, 6.07) is 17.7. The van der Waals surface area contributed by atoms with Crippen molar-refractivity contribution < 1.29 is 14.3 Å². The van der Waals surface area contributed by atoms with E-state index >= 15 is 0 Å². The first kappa shape index (κ1) is 21.1. The van der Waals surface area contributed by atoms with E-state index in [9.17, 15) is 4.79 Å². The molecule has 0 radical (unpaired) electrons. The van der Waals surface area contributed by atoms with Crippen LogP contribution in [0.15, 0.2) is 67.0 Å². The summed E-state index contributed by atoms with van der Waals surface area (Å²) in [4.78, 5) is 20.0. The molecule has 0 fully saturated rings. The van der Waals surface area contributed by atoms with E-state index in [0.29, 0.717) is 31.0 Å². The van der Waals surface area contributed by atoms with Gasteiger partial charge in [0.2, 0.25) is 0 Å². The van der Waals surface area contributed by atoms with E-state index in [4.69, 9.17) is 9.47 Å². The first-order chi connectivity index (χ1) is 14.6. The lowest BCUT2D eigenvalue weighted by atomic mass is 10.1. The van der Waals surface area contributed by atoms with E-state index in [1.165, 1.54) is 0 Å². The molecule has 1 unspecified atom stereocenters. The summed E-state index contributed by atoms with van der Waals surface area (Å²) in [6.07, 6.45) is 4.03. The summed E-state index contributed by atoms with van der Waals surface area (Å²) in [5, 5.41) is 0. The maximum Gasteiger partial charge on any atom is 0.305 e. The largest absolute Gasteiger partial charge is 0.486 e. The van der Waals surface area contributed by atoms with Crippen LogP contribution in [0.5, 0.6) is 5.75 Å². The molecule has 1 heterocycles. The summed E-state index contributed by atoms with van der Waals surface area (Å²) in [7, 11) is 0. The van der Waals surface area contributed by atoms with Crippen LogP contribution in [0.25, 0.3) is 11.4 Å². The van der Waals surface area contributed by atoms with E-state index in [1.807, 2.05) is 61.5 Å². The Morgan fingerprint density at radius 3 is 2.40 bits per heavy atom. The van der Waals surface area contributed by atoms with Gasteiger partial charge in [-0.15, -0.1) is 0 Å². The highest BCUT2D eigenvalue weighted by Crippen LogP contribution is 2.18. The zero-order valence-corrected chi connectivity index (χ0v) is 17.2. The smallest absolute Gasteiger partial charge is 0.305 e. The minimum absolute atomic E-state index is 0.204.